The van der Waals surface area contributed by atoms with Crippen molar-refractivity contribution in [2.45, 2.75) is 52.5 Å². The molecule has 0 saturated carbocycles. The summed E-state index contributed by atoms with van der Waals surface area (Å²) in [5.41, 5.74) is 5.36. The Labute approximate surface area is 118 Å². The smallest absolute Gasteiger partial charge is 0.242 e. The zero-order valence-corrected chi connectivity index (χ0v) is 13.1. The molecule has 2 N–H and O–H groups in total. The molecule has 0 aromatic heterocycles. The molecule has 0 aromatic carbocycles. The molecule has 112 valence electrons. The number of hydrogen-bond acceptors (Lipinski definition) is 3. The van der Waals surface area contributed by atoms with E-state index in [0.717, 1.165) is 44.9 Å². The monoisotopic (exact) mass is 269 g/mol. The predicted molar refractivity (Wildman–Crippen MR) is 80.0 cm³/mol. The number of carbonyl (C=O) groups is 1. The highest BCUT2D eigenvalue weighted by molar-refractivity contribution is 5.85. The zero-order chi connectivity index (χ0) is 14.5. The third kappa shape index (κ3) is 4.46. The summed E-state index contributed by atoms with van der Waals surface area (Å²) in [7, 11) is 0. The van der Waals surface area contributed by atoms with Gasteiger partial charge in [0, 0.05) is 19.6 Å². The number of amides is 1. The molecule has 0 spiro atoms. The quantitative estimate of drug-likeness (QED) is 0.798. The van der Waals surface area contributed by atoms with Crippen LogP contribution in [0, 0.1) is 5.92 Å². The van der Waals surface area contributed by atoms with E-state index in [1.54, 1.807) is 0 Å². The maximum atomic E-state index is 12.3. The van der Waals surface area contributed by atoms with Gasteiger partial charge in [-0.3, -0.25) is 4.79 Å². The standard InChI is InChI=1S/C15H31N3O/c1-5-15(4,16)14(19)18-10-8-13(9-11-18)12-17(6-2)7-3/h13H,5-12,16H2,1-4H3. The van der Waals surface area contributed by atoms with Gasteiger partial charge >= 0.3 is 0 Å². The van der Waals surface area contributed by atoms with E-state index < -0.39 is 5.54 Å². The number of likely N-dealkylation sites (tertiary alicyclic amines) is 1. The first kappa shape index (κ1) is 16.4. The lowest BCUT2D eigenvalue weighted by atomic mass is 9.92. The number of piperidine rings is 1. The van der Waals surface area contributed by atoms with Crippen molar-refractivity contribution in [1.29, 1.82) is 0 Å². The lowest BCUT2D eigenvalue weighted by Gasteiger charge is -2.37. The maximum absolute atomic E-state index is 12.3. The van der Waals surface area contributed by atoms with E-state index in [9.17, 15) is 4.79 Å². The van der Waals surface area contributed by atoms with Gasteiger partial charge in [0.2, 0.25) is 5.91 Å². The van der Waals surface area contributed by atoms with Crippen molar-refractivity contribution in [3.63, 3.8) is 0 Å². The summed E-state index contributed by atoms with van der Waals surface area (Å²) in [5.74, 6) is 0.853. The van der Waals surface area contributed by atoms with Crippen molar-refractivity contribution < 1.29 is 4.79 Å². The highest BCUT2D eigenvalue weighted by Crippen LogP contribution is 2.21. The third-order valence-electron chi connectivity index (χ3n) is 4.54. The lowest BCUT2D eigenvalue weighted by Crippen LogP contribution is -2.55. The van der Waals surface area contributed by atoms with Crippen LogP contribution in [0.25, 0.3) is 0 Å². The van der Waals surface area contributed by atoms with Crippen LogP contribution in [-0.4, -0.2) is 54.0 Å². The van der Waals surface area contributed by atoms with E-state index in [-0.39, 0.29) is 5.91 Å². The average molecular weight is 269 g/mol. The van der Waals surface area contributed by atoms with Gasteiger partial charge in [-0.25, -0.2) is 0 Å². The van der Waals surface area contributed by atoms with Crippen molar-refractivity contribution in [1.82, 2.24) is 9.80 Å². The second kappa shape index (κ2) is 7.25. The maximum Gasteiger partial charge on any atom is 0.242 e. The van der Waals surface area contributed by atoms with Crippen LogP contribution in [0.15, 0.2) is 0 Å². The molecule has 0 radical (unpaired) electrons. The Balaban J connectivity index is 2.43. The van der Waals surface area contributed by atoms with Crippen LogP contribution in [0.2, 0.25) is 0 Å². The van der Waals surface area contributed by atoms with Crippen molar-refractivity contribution in [3.8, 4) is 0 Å². The molecule has 1 heterocycles. The van der Waals surface area contributed by atoms with E-state index in [2.05, 4.69) is 18.7 Å². The van der Waals surface area contributed by atoms with Crippen molar-refractivity contribution >= 4 is 5.91 Å². The molecule has 19 heavy (non-hydrogen) atoms. The highest BCUT2D eigenvalue weighted by atomic mass is 16.2. The fourth-order valence-corrected chi connectivity index (χ4v) is 2.68. The SMILES string of the molecule is CCN(CC)CC1CCN(C(=O)C(C)(N)CC)CC1. The third-order valence-corrected chi connectivity index (χ3v) is 4.54. The van der Waals surface area contributed by atoms with Gasteiger partial charge in [-0.05, 0) is 45.2 Å². The van der Waals surface area contributed by atoms with Crippen LogP contribution >= 0.6 is 0 Å². The number of nitrogens with two attached hydrogens (primary N) is 1. The Morgan fingerprint density at radius 2 is 1.79 bits per heavy atom. The summed E-state index contributed by atoms with van der Waals surface area (Å²) in [6.45, 7) is 13.4. The van der Waals surface area contributed by atoms with Crippen LogP contribution in [0.5, 0.6) is 0 Å². The molecule has 1 saturated heterocycles. The fraction of sp³-hybridized carbons (Fsp3) is 0.933. The first-order valence-electron chi connectivity index (χ1n) is 7.75. The molecule has 4 heteroatoms. The molecule has 1 rings (SSSR count). The molecule has 1 aliphatic rings. The second-order valence-electron chi connectivity index (χ2n) is 5.99. The van der Waals surface area contributed by atoms with E-state index >= 15 is 0 Å². The van der Waals surface area contributed by atoms with E-state index in [1.807, 2.05) is 18.7 Å². The summed E-state index contributed by atoms with van der Waals surface area (Å²) in [6.07, 6.45) is 2.93. The minimum Gasteiger partial charge on any atom is -0.341 e. The molecule has 1 atom stereocenters. The Kier molecular flexibility index (Phi) is 6.27. The van der Waals surface area contributed by atoms with Gasteiger partial charge in [-0.15, -0.1) is 0 Å². The molecule has 1 aliphatic heterocycles. The van der Waals surface area contributed by atoms with Crippen LogP contribution in [0.1, 0.15) is 47.0 Å². The van der Waals surface area contributed by atoms with Gasteiger partial charge in [0.25, 0.3) is 0 Å². The van der Waals surface area contributed by atoms with Crippen molar-refractivity contribution in [2.75, 3.05) is 32.7 Å². The zero-order valence-electron chi connectivity index (χ0n) is 13.1. The highest BCUT2D eigenvalue weighted by Gasteiger charge is 2.33. The summed E-state index contributed by atoms with van der Waals surface area (Å²) >= 11 is 0. The van der Waals surface area contributed by atoms with Crippen LogP contribution in [0.3, 0.4) is 0 Å². The van der Waals surface area contributed by atoms with E-state index in [1.165, 1.54) is 6.54 Å². The lowest BCUT2D eigenvalue weighted by molar-refractivity contribution is -0.138. The largest absolute Gasteiger partial charge is 0.341 e. The minimum absolute atomic E-state index is 0.122. The van der Waals surface area contributed by atoms with Crippen LogP contribution in [-0.2, 0) is 4.79 Å². The molecule has 4 nitrogen and oxygen atoms in total. The average Bonchev–Trinajstić information content (AvgIpc) is 2.44. The number of rotatable bonds is 6. The van der Waals surface area contributed by atoms with Crippen LogP contribution in [0.4, 0.5) is 0 Å². The second-order valence-corrected chi connectivity index (χ2v) is 5.99. The molecule has 0 bridgehead atoms. The fourth-order valence-electron chi connectivity index (χ4n) is 2.68. The normalized spacial score (nSPS) is 20.6. The predicted octanol–water partition coefficient (Wildman–Crippen LogP) is 1.69. The molecule has 1 unspecified atom stereocenters. The van der Waals surface area contributed by atoms with Gasteiger partial charge < -0.3 is 15.5 Å². The van der Waals surface area contributed by atoms with Gasteiger partial charge in [-0.2, -0.15) is 0 Å². The Hall–Kier alpha value is -0.610. The minimum atomic E-state index is -0.689. The first-order valence-corrected chi connectivity index (χ1v) is 7.75. The van der Waals surface area contributed by atoms with Gasteiger partial charge in [0.15, 0.2) is 0 Å². The van der Waals surface area contributed by atoms with Gasteiger partial charge in [0.05, 0.1) is 5.54 Å². The topological polar surface area (TPSA) is 49.6 Å². The van der Waals surface area contributed by atoms with Crippen molar-refractivity contribution in [2.24, 2.45) is 11.7 Å². The first-order chi connectivity index (χ1) is 8.94. The molecule has 0 aliphatic carbocycles. The Bertz CT molecular complexity index is 279. The summed E-state index contributed by atoms with van der Waals surface area (Å²) in [4.78, 5) is 16.7. The Morgan fingerprint density at radius 3 is 2.21 bits per heavy atom. The van der Waals surface area contributed by atoms with Gasteiger partial charge in [0.1, 0.15) is 0 Å². The summed E-state index contributed by atoms with van der Waals surface area (Å²) in [6, 6.07) is 0. The van der Waals surface area contributed by atoms with E-state index in [0.29, 0.717) is 6.42 Å². The summed E-state index contributed by atoms with van der Waals surface area (Å²) in [5, 5.41) is 0. The molecule has 0 aromatic rings. The number of hydrogen-bond donors (Lipinski definition) is 1. The van der Waals surface area contributed by atoms with Crippen LogP contribution < -0.4 is 5.73 Å². The summed E-state index contributed by atoms with van der Waals surface area (Å²) < 4.78 is 0. The molecule has 1 amide bonds. The molecule has 1 fully saturated rings. The molecular weight excluding hydrogens is 238 g/mol. The van der Waals surface area contributed by atoms with E-state index in [4.69, 9.17) is 5.73 Å². The Morgan fingerprint density at radius 1 is 1.26 bits per heavy atom. The number of carbonyl (C=O) groups excluding carboxylic acids is 1. The number of nitrogens with zero attached hydrogens (tertiary/aromatic N) is 2. The van der Waals surface area contributed by atoms with Gasteiger partial charge in [-0.1, -0.05) is 20.8 Å². The van der Waals surface area contributed by atoms with Crippen molar-refractivity contribution in [3.05, 3.63) is 0 Å². The molecular formula is C15H31N3O.